The zero-order valence-corrected chi connectivity index (χ0v) is 8.14. The van der Waals surface area contributed by atoms with E-state index in [1.54, 1.807) is 10.9 Å². The van der Waals surface area contributed by atoms with E-state index in [-0.39, 0.29) is 12.6 Å². The second kappa shape index (κ2) is 5.37. The SMILES string of the molecule is C#CC(C)NCc1cn(CCO)nn1. The van der Waals surface area contributed by atoms with Crippen LogP contribution in [0.5, 0.6) is 0 Å². The van der Waals surface area contributed by atoms with Crippen LogP contribution in [0.15, 0.2) is 6.20 Å². The highest BCUT2D eigenvalue weighted by Gasteiger charge is 2.01. The van der Waals surface area contributed by atoms with E-state index in [2.05, 4.69) is 21.5 Å². The molecule has 0 saturated carbocycles. The molecule has 0 aromatic carbocycles. The summed E-state index contributed by atoms with van der Waals surface area (Å²) in [5.74, 6) is 2.56. The van der Waals surface area contributed by atoms with Gasteiger partial charge in [0.1, 0.15) is 0 Å². The summed E-state index contributed by atoms with van der Waals surface area (Å²) in [5.41, 5.74) is 0.820. The predicted octanol–water partition coefficient (Wildman–Crippen LogP) is -0.618. The third kappa shape index (κ3) is 3.17. The molecular weight excluding hydrogens is 180 g/mol. The molecule has 0 saturated heterocycles. The third-order valence-corrected chi connectivity index (χ3v) is 1.75. The van der Waals surface area contributed by atoms with E-state index in [9.17, 15) is 0 Å². The molecule has 14 heavy (non-hydrogen) atoms. The van der Waals surface area contributed by atoms with Crippen molar-refractivity contribution in [3.8, 4) is 12.3 Å². The number of hydrogen-bond acceptors (Lipinski definition) is 4. The summed E-state index contributed by atoms with van der Waals surface area (Å²) in [7, 11) is 0. The summed E-state index contributed by atoms with van der Waals surface area (Å²) in [6.07, 6.45) is 6.99. The van der Waals surface area contributed by atoms with Crippen molar-refractivity contribution >= 4 is 0 Å². The number of aliphatic hydroxyl groups is 1. The number of aliphatic hydroxyl groups excluding tert-OH is 1. The van der Waals surface area contributed by atoms with Crippen molar-refractivity contribution in [2.24, 2.45) is 0 Å². The molecule has 76 valence electrons. The Morgan fingerprint density at radius 3 is 3.21 bits per heavy atom. The molecule has 1 aromatic rings. The molecule has 1 atom stereocenters. The zero-order valence-electron chi connectivity index (χ0n) is 8.14. The van der Waals surface area contributed by atoms with Gasteiger partial charge in [0, 0.05) is 12.7 Å². The summed E-state index contributed by atoms with van der Waals surface area (Å²) >= 11 is 0. The van der Waals surface area contributed by atoms with E-state index in [0.29, 0.717) is 13.1 Å². The molecule has 0 bridgehead atoms. The second-order valence-electron chi connectivity index (χ2n) is 2.97. The van der Waals surface area contributed by atoms with Crippen LogP contribution in [0, 0.1) is 12.3 Å². The van der Waals surface area contributed by atoms with Crippen LogP contribution in [-0.2, 0) is 13.1 Å². The molecular formula is C9H14N4O. The molecule has 1 rings (SSSR count). The lowest BCUT2D eigenvalue weighted by Gasteiger charge is -2.03. The lowest BCUT2D eigenvalue weighted by molar-refractivity contribution is 0.268. The number of aromatic nitrogens is 3. The molecule has 0 fully saturated rings. The number of nitrogens with one attached hydrogen (secondary N) is 1. The van der Waals surface area contributed by atoms with Crippen molar-refractivity contribution in [3.63, 3.8) is 0 Å². The molecule has 2 N–H and O–H groups in total. The first kappa shape index (κ1) is 10.7. The maximum atomic E-state index is 8.65. The minimum atomic E-state index is 0.0259. The van der Waals surface area contributed by atoms with E-state index >= 15 is 0 Å². The van der Waals surface area contributed by atoms with Crippen molar-refractivity contribution < 1.29 is 5.11 Å². The van der Waals surface area contributed by atoms with Gasteiger partial charge >= 0.3 is 0 Å². The van der Waals surface area contributed by atoms with E-state index in [4.69, 9.17) is 11.5 Å². The monoisotopic (exact) mass is 194 g/mol. The summed E-state index contributed by atoms with van der Waals surface area (Å²) in [4.78, 5) is 0. The van der Waals surface area contributed by atoms with Crippen molar-refractivity contribution in [3.05, 3.63) is 11.9 Å². The molecule has 0 aliphatic carbocycles. The van der Waals surface area contributed by atoms with Gasteiger partial charge in [-0.1, -0.05) is 11.1 Å². The molecule has 1 aromatic heterocycles. The standard InChI is InChI=1S/C9H14N4O/c1-3-8(2)10-6-9-7-13(4-5-14)12-11-9/h1,7-8,10,14H,4-6H2,2H3. The van der Waals surface area contributed by atoms with Gasteiger partial charge in [0.25, 0.3) is 0 Å². The molecule has 0 aliphatic heterocycles. The predicted molar refractivity (Wildman–Crippen MR) is 52.2 cm³/mol. The number of hydrogen-bond donors (Lipinski definition) is 2. The van der Waals surface area contributed by atoms with E-state index in [0.717, 1.165) is 5.69 Å². The Balaban J connectivity index is 2.40. The van der Waals surface area contributed by atoms with Gasteiger partial charge in [-0.3, -0.25) is 5.32 Å². The van der Waals surface area contributed by atoms with Crippen LogP contribution in [0.3, 0.4) is 0 Å². The second-order valence-corrected chi connectivity index (χ2v) is 2.97. The fraction of sp³-hybridized carbons (Fsp3) is 0.556. The van der Waals surface area contributed by atoms with Crippen LogP contribution < -0.4 is 5.32 Å². The van der Waals surface area contributed by atoms with Crippen LogP contribution in [-0.4, -0.2) is 32.7 Å². The van der Waals surface area contributed by atoms with Crippen LogP contribution in [0.1, 0.15) is 12.6 Å². The van der Waals surface area contributed by atoms with Crippen LogP contribution in [0.25, 0.3) is 0 Å². The molecule has 0 spiro atoms. The van der Waals surface area contributed by atoms with Crippen molar-refractivity contribution in [2.75, 3.05) is 6.61 Å². The Kier molecular flexibility index (Phi) is 4.11. The average molecular weight is 194 g/mol. The number of nitrogens with zero attached hydrogens (tertiary/aromatic N) is 3. The largest absolute Gasteiger partial charge is 0.394 e. The van der Waals surface area contributed by atoms with E-state index in [1.165, 1.54) is 0 Å². The first-order valence-corrected chi connectivity index (χ1v) is 4.45. The Hall–Kier alpha value is -1.38. The maximum absolute atomic E-state index is 8.65. The molecule has 5 nitrogen and oxygen atoms in total. The normalized spacial score (nSPS) is 12.4. The van der Waals surface area contributed by atoms with Gasteiger partial charge in [-0.25, -0.2) is 4.68 Å². The van der Waals surface area contributed by atoms with Gasteiger partial charge in [0.2, 0.25) is 0 Å². The lowest BCUT2D eigenvalue weighted by Crippen LogP contribution is -2.23. The minimum Gasteiger partial charge on any atom is -0.394 e. The number of rotatable bonds is 5. The fourth-order valence-electron chi connectivity index (χ4n) is 0.948. The highest BCUT2D eigenvalue weighted by atomic mass is 16.3. The highest BCUT2D eigenvalue weighted by Crippen LogP contribution is 1.93. The minimum absolute atomic E-state index is 0.0259. The lowest BCUT2D eigenvalue weighted by atomic mass is 10.3. The average Bonchev–Trinajstić information content (AvgIpc) is 2.63. The Morgan fingerprint density at radius 1 is 1.79 bits per heavy atom. The van der Waals surface area contributed by atoms with Gasteiger partial charge in [0.15, 0.2) is 0 Å². The van der Waals surface area contributed by atoms with Crippen molar-refractivity contribution in [1.82, 2.24) is 20.3 Å². The topological polar surface area (TPSA) is 63.0 Å². The quantitative estimate of drug-likeness (QED) is 0.613. The van der Waals surface area contributed by atoms with Crippen molar-refractivity contribution in [2.45, 2.75) is 26.1 Å². The zero-order chi connectivity index (χ0) is 10.4. The maximum Gasteiger partial charge on any atom is 0.0965 e. The van der Waals surface area contributed by atoms with E-state index in [1.807, 2.05) is 6.92 Å². The Bertz CT molecular complexity index is 315. The van der Waals surface area contributed by atoms with Gasteiger partial charge in [-0.2, -0.15) is 0 Å². The van der Waals surface area contributed by atoms with Gasteiger partial charge in [-0.05, 0) is 6.92 Å². The summed E-state index contributed by atoms with van der Waals surface area (Å²) < 4.78 is 1.59. The smallest absolute Gasteiger partial charge is 0.0965 e. The van der Waals surface area contributed by atoms with Crippen molar-refractivity contribution in [1.29, 1.82) is 0 Å². The summed E-state index contributed by atoms with van der Waals surface area (Å²) in [6, 6.07) is 0.0259. The van der Waals surface area contributed by atoms with Crippen LogP contribution >= 0.6 is 0 Å². The molecule has 0 amide bonds. The van der Waals surface area contributed by atoms with Gasteiger partial charge < -0.3 is 5.11 Å². The molecule has 1 unspecified atom stereocenters. The van der Waals surface area contributed by atoms with E-state index < -0.39 is 0 Å². The Labute approximate surface area is 83.1 Å². The fourth-order valence-corrected chi connectivity index (χ4v) is 0.948. The molecule has 5 heteroatoms. The van der Waals surface area contributed by atoms with Gasteiger partial charge in [-0.15, -0.1) is 11.5 Å². The number of terminal acetylenes is 1. The third-order valence-electron chi connectivity index (χ3n) is 1.75. The molecule has 0 radical (unpaired) electrons. The molecule has 1 heterocycles. The molecule has 0 aliphatic rings. The summed E-state index contributed by atoms with van der Waals surface area (Å²) in [5, 5.41) is 19.5. The highest BCUT2D eigenvalue weighted by molar-refractivity contribution is 4.99. The van der Waals surface area contributed by atoms with Crippen LogP contribution in [0.2, 0.25) is 0 Å². The first-order chi connectivity index (χ1) is 6.76. The van der Waals surface area contributed by atoms with Gasteiger partial charge in [0.05, 0.1) is 24.9 Å². The first-order valence-electron chi connectivity index (χ1n) is 4.45. The Morgan fingerprint density at radius 2 is 2.57 bits per heavy atom. The van der Waals surface area contributed by atoms with Crippen LogP contribution in [0.4, 0.5) is 0 Å². The summed E-state index contributed by atoms with van der Waals surface area (Å²) in [6.45, 7) is 3.03.